The molecule has 0 amide bonds. The predicted octanol–water partition coefficient (Wildman–Crippen LogP) is 6.15. The largest absolute Gasteiger partial charge is 0.489 e. The summed E-state index contributed by atoms with van der Waals surface area (Å²) in [7, 11) is 0. The maximum Gasteiger partial charge on any atom is 0.119 e. The zero-order valence-corrected chi connectivity index (χ0v) is 16.1. The Kier molecular flexibility index (Phi) is 8.60. The lowest BCUT2D eigenvalue weighted by Gasteiger charge is -2.16. The van der Waals surface area contributed by atoms with Gasteiger partial charge in [-0.25, -0.2) is 0 Å². The quantitative estimate of drug-likeness (QED) is 0.607. The summed E-state index contributed by atoms with van der Waals surface area (Å²) in [6.07, 6.45) is 8.19. The molecule has 136 valence electrons. The van der Waals surface area contributed by atoms with Crippen molar-refractivity contribution in [3.05, 3.63) is 64.7 Å². The highest BCUT2D eigenvalue weighted by atomic mass is 35.5. The second-order valence-electron chi connectivity index (χ2n) is 6.63. The molecule has 0 radical (unpaired) electrons. The number of benzene rings is 2. The van der Waals surface area contributed by atoms with Gasteiger partial charge in [0, 0.05) is 17.6 Å². The third-order valence-corrected chi connectivity index (χ3v) is 4.94. The zero-order valence-electron chi connectivity index (χ0n) is 14.5. The summed E-state index contributed by atoms with van der Waals surface area (Å²) in [5.74, 6) is 0.906. The Morgan fingerprint density at radius 3 is 2.08 bits per heavy atom. The molecule has 1 fully saturated rings. The normalized spacial score (nSPS) is 15.2. The minimum Gasteiger partial charge on any atom is -0.489 e. The van der Waals surface area contributed by atoms with Gasteiger partial charge in [-0.2, -0.15) is 0 Å². The van der Waals surface area contributed by atoms with E-state index in [2.05, 4.69) is 29.6 Å². The van der Waals surface area contributed by atoms with Gasteiger partial charge in [-0.3, -0.25) is 0 Å². The van der Waals surface area contributed by atoms with Gasteiger partial charge in [0.25, 0.3) is 0 Å². The maximum absolute atomic E-state index is 5.89. The monoisotopic (exact) mass is 379 g/mol. The molecule has 1 saturated carbocycles. The Morgan fingerprint density at radius 2 is 1.44 bits per heavy atom. The van der Waals surface area contributed by atoms with Crippen LogP contribution in [0.1, 0.15) is 49.7 Å². The Balaban J connectivity index is 0.00000225. The fourth-order valence-electron chi connectivity index (χ4n) is 3.20. The summed E-state index contributed by atoms with van der Waals surface area (Å²) in [6, 6.07) is 16.9. The standard InChI is InChI=1S/C21H26ClNO.ClH/c22-19-11-7-18(8-12-19)16-24-21-13-9-17(10-14-21)15-23-20-5-3-1-2-4-6-20;/h7-14,20,23H,1-6,15-16H2;1H. The van der Waals surface area contributed by atoms with Crippen molar-refractivity contribution in [2.75, 3.05) is 0 Å². The minimum absolute atomic E-state index is 0. The number of halogens is 2. The first-order valence-corrected chi connectivity index (χ1v) is 9.37. The third-order valence-electron chi connectivity index (χ3n) is 4.69. The van der Waals surface area contributed by atoms with Crippen molar-refractivity contribution in [1.29, 1.82) is 0 Å². The average Bonchev–Trinajstić information content (AvgIpc) is 2.89. The molecule has 0 aromatic heterocycles. The molecule has 1 N–H and O–H groups in total. The number of hydrogen-bond acceptors (Lipinski definition) is 2. The highest BCUT2D eigenvalue weighted by Gasteiger charge is 2.11. The van der Waals surface area contributed by atoms with E-state index in [1.54, 1.807) is 0 Å². The highest BCUT2D eigenvalue weighted by Crippen LogP contribution is 2.19. The van der Waals surface area contributed by atoms with Crippen molar-refractivity contribution < 1.29 is 4.74 Å². The van der Waals surface area contributed by atoms with Crippen molar-refractivity contribution in [1.82, 2.24) is 5.32 Å². The van der Waals surface area contributed by atoms with Crippen molar-refractivity contribution in [3.8, 4) is 5.75 Å². The lowest BCUT2D eigenvalue weighted by atomic mass is 10.1. The first-order chi connectivity index (χ1) is 11.8. The van der Waals surface area contributed by atoms with Gasteiger partial charge in [0.05, 0.1) is 0 Å². The molecule has 0 atom stereocenters. The Bertz CT molecular complexity index is 605. The van der Waals surface area contributed by atoms with Crippen LogP contribution in [-0.2, 0) is 13.2 Å². The van der Waals surface area contributed by atoms with E-state index in [-0.39, 0.29) is 12.4 Å². The van der Waals surface area contributed by atoms with Crippen LogP contribution in [0.2, 0.25) is 5.02 Å². The van der Waals surface area contributed by atoms with Crippen LogP contribution < -0.4 is 10.1 Å². The summed E-state index contributed by atoms with van der Waals surface area (Å²) in [6.45, 7) is 1.51. The van der Waals surface area contributed by atoms with Gasteiger partial charge in [-0.05, 0) is 48.2 Å². The fraction of sp³-hybridized carbons (Fsp3) is 0.429. The molecule has 2 nitrogen and oxygen atoms in total. The summed E-state index contributed by atoms with van der Waals surface area (Å²) in [5.41, 5.74) is 2.44. The van der Waals surface area contributed by atoms with Crippen molar-refractivity contribution >= 4 is 24.0 Å². The number of nitrogens with one attached hydrogen (secondary N) is 1. The summed E-state index contributed by atoms with van der Waals surface area (Å²) < 4.78 is 5.83. The minimum atomic E-state index is 0. The van der Waals surface area contributed by atoms with E-state index >= 15 is 0 Å². The Hall–Kier alpha value is -1.22. The molecule has 1 aliphatic rings. The molecule has 25 heavy (non-hydrogen) atoms. The Labute approximate surface area is 162 Å². The van der Waals surface area contributed by atoms with Gasteiger partial charge in [0.1, 0.15) is 12.4 Å². The second-order valence-corrected chi connectivity index (χ2v) is 7.06. The molecule has 2 aromatic carbocycles. The summed E-state index contributed by atoms with van der Waals surface area (Å²) in [4.78, 5) is 0. The van der Waals surface area contributed by atoms with Crippen molar-refractivity contribution in [2.24, 2.45) is 0 Å². The van der Waals surface area contributed by atoms with E-state index in [9.17, 15) is 0 Å². The molecule has 3 rings (SSSR count). The van der Waals surface area contributed by atoms with E-state index in [0.29, 0.717) is 12.6 Å². The topological polar surface area (TPSA) is 21.3 Å². The predicted molar refractivity (Wildman–Crippen MR) is 108 cm³/mol. The highest BCUT2D eigenvalue weighted by molar-refractivity contribution is 6.30. The van der Waals surface area contributed by atoms with Crippen LogP contribution >= 0.6 is 24.0 Å². The number of rotatable bonds is 6. The molecule has 0 spiro atoms. The van der Waals surface area contributed by atoms with Crippen LogP contribution in [0.15, 0.2) is 48.5 Å². The van der Waals surface area contributed by atoms with Gasteiger partial charge in [0.2, 0.25) is 0 Å². The fourth-order valence-corrected chi connectivity index (χ4v) is 3.32. The molecular weight excluding hydrogens is 353 g/mol. The van der Waals surface area contributed by atoms with E-state index in [4.69, 9.17) is 16.3 Å². The average molecular weight is 380 g/mol. The van der Waals surface area contributed by atoms with Gasteiger partial charge in [-0.15, -0.1) is 12.4 Å². The van der Waals surface area contributed by atoms with E-state index in [0.717, 1.165) is 22.9 Å². The SMILES string of the molecule is Cl.Clc1ccc(COc2ccc(CNC3CCCCCC3)cc2)cc1. The second kappa shape index (κ2) is 10.7. The lowest BCUT2D eigenvalue weighted by molar-refractivity contribution is 0.306. The van der Waals surface area contributed by atoms with Crippen LogP contribution in [-0.4, -0.2) is 6.04 Å². The molecule has 0 bridgehead atoms. The van der Waals surface area contributed by atoms with Gasteiger partial charge in [0.15, 0.2) is 0 Å². The maximum atomic E-state index is 5.89. The van der Waals surface area contributed by atoms with Crippen LogP contribution in [0.3, 0.4) is 0 Å². The molecule has 0 aliphatic heterocycles. The van der Waals surface area contributed by atoms with Crippen molar-refractivity contribution in [2.45, 2.75) is 57.7 Å². The van der Waals surface area contributed by atoms with Gasteiger partial charge < -0.3 is 10.1 Å². The van der Waals surface area contributed by atoms with E-state index in [1.807, 2.05) is 24.3 Å². The first-order valence-electron chi connectivity index (χ1n) is 8.99. The zero-order chi connectivity index (χ0) is 16.6. The summed E-state index contributed by atoms with van der Waals surface area (Å²) in [5, 5.41) is 4.46. The van der Waals surface area contributed by atoms with Crippen LogP contribution in [0, 0.1) is 0 Å². The number of ether oxygens (including phenoxy) is 1. The molecule has 0 saturated heterocycles. The Morgan fingerprint density at radius 1 is 0.840 bits per heavy atom. The number of hydrogen-bond donors (Lipinski definition) is 1. The molecule has 1 aliphatic carbocycles. The summed E-state index contributed by atoms with van der Waals surface area (Å²) >= 11 is 5.89. The van der Waals surface area contributed by atoms with Gasteiger partial charge >= 0.3 is 0 Å². The van der Waals surface area contributed by atoms with Crippen molar-refractivity contribution in [3.63, 3.8) is 0 Å². The molecular formula is C21H27Cl2NO. The smallest absolute Gasteiger partial charge is 0.119 e. The molecule has 2 aromatic rings. The van der Waals surface area contributed by atoms with Crippen LogP contribution in [0.25, 0.3) is 0 Å². The first kappa shape index (κ1) is 20.1. The molecule has 0 unspecified atom stereocenters. The third kappa shape index (κ3) is 6.89. The van der Waals surface area contributed by atoms with Crippen LogP contribution in [0.4, 0.5) is 0 Å². The van der Waals surface area contributed by atoms with Gasteiger partial charge in [-0.1, -0.05) is 61.5 Å². The van der Waals surface area contributed by atoms with Crippen LogP contribution in [0.5, 0.6) is 5.75 Å². The van der Waals surface area contributed by atoms with E-state index in [1.165, 1.54) is 44.1 Å². The van der Waals surface area contributed by atoms with E-state index < -0.39 is 0 Å². The molecule has 4 heteroatoms. The lowest BCUT2D eigenvalue weighted by Crippen LogP contribution is -2.27. The molecule has 0 heterocycles.